The number of piperidine rings is 1. The van der Waals surface area contributed by atoms with Crippen LogP contribution in [0.3, 0.4) is 0 Å². The second kappa shape index (κ2) is 9.89. The molecular formula is C22H22N4O7. The Morgan fingerprint density at radius 2 is 1.88 bits per heavy atom. The number of fused-ring (bicyclic) bond motifs is 1. The van der Waals surface area contributed by atoms with E-state index in [1.54, 1.807) is 6.07 Å². The average Bonchev–Trinajstić information content (AvgIpc) is 3.01. The molecule has 3 aliphatic rings. The van der Waals surface area contributed by atoms with Crippen LogP contribution in [-0.2, 0) is 14.3 Å². The summed E-state index contributed by atoms with van der Waals surface area (Å²) < 4.78 is 11.3. The third-order valence-corrected chi connectivity index (χ3v) is 5.63. The van der Waals surface area contributed by atoms with Crippen molar-refractivity contribution in [3.05, 3.63) is 34.2 Å². The van der Waals surface area contributed by atoms with Crippen molar-refractivity contribution in [1.29, 1.82) is 0 Å². The van der Waals surface area contributed by atoms with Gasteiger partial charge in [0.15, 0.2) is 0 Å². The van der Waals surface area contributed by atoms with E-state index in [1.165, 1.54) is 12.1 Å². The van der Waals surface area contributed by atoms with Crippen LogP contribution in [0.4, 0.5) is 0 Å². The molecule has 172 valence electrons. The van der Waals surface area contributed by atoms with Gasteiger partial charge in [-0.05, 0) is 24.6 Å². The van der Waals surface area contributed by atoms with Gasteiger partial charge in [0.1, 0.15) is 31.0 Å². The van der Waals surface area contributed by atoms with Gasteiger partial charge in [-0.25, -0.2) is 0 Å². The molecule has 2 fully saturated rings. The standard InChI is InChI=1S/C22H22N4O7/c27-19-6-5-18(20(28)24-19)26-21(29)16-4-3-14(11-17(16)22(26)30)33-15-12-25(13-15)8-10-32-9-2-1-7-23-31/h3-4,11,15,18H,5-10,12-13H2,(H,24,27,28). The summed E-state index contributed by atoms with van der Waals surface area (Å²) in [5, 5.41) is 4.81. The second-order valence-corrected chi connectivity index (χ2v) is 7.85. The van der Waals surface area contributed by atoms with Gasteiger partial charge in [-0.1, -0.05) is 17.0 Å². The van der Waals surface area contributed by atoms with Crippen LogP contribution in [0.25, 0.3) is 0 Å². The first-order valence-electron chi connectivity index (χ1n) is 10.5. The topological polar surface area (TPSA) is 135 Å². The Morgan fingerprint density at radius 1 is 1.09 bits per heavy atom. The summed E-state index contributed by atoms with van der Waals surface area (Å²) in [6, 6.07) is 3.70. The molecular weight excluding hydrogens is 432 g/mol. The molecule has 1 aromatic carbocycles. The third-order valence-electron chi connectivity index (χ3n) is 5.63. The number of ether oxygens (including phenoxy) is 2. The van der Waals surface area contributed by atoms with Gasteiger partial charge in [-0.2, -0.15) is 0 Å². The zero-order valence-corrected chi connectivity index (χ0v) is 17.7. The molecule has 0 aliphatic carbocycles. The Morgan fingerprint density at radius 3 is 2.64 bits per heavy atom. The first kappa shape index (κ1) is 22.6. The predicted octanol–water partition coefficient (Wildman–Crippen LogP) is -0.0628. The average molecular weight is 454 g/mol. The van der Waals surface area contributed by atoms with Crippen molar-refractivity contribution in [2.75, 3.05) is 39.4 Å². The maximum absolute atomic E-state index is 12.9. The normalized spacial score (nSPS) is 20.6. The largest absolute Gasteiger partial charge is 0.488 e. The Balaban J connectivity index is 1.27. The van der Waals surface area contributed by atoms with Gasteiger partial charge >= 0.3 is 0 Å². The highest BCUT2D eigenvalue weighted by Crippen LogP contribution is 2.31. The van der Waals surface area contributed by atoms with Gasteiger partial charge in [-0.3, -0.25) is 34.3 Å². The van der Waals surface area contributed by atoms with E-state index in [0.29, 0.717) is 32.0 Å². The number of hydrogen-bond acceptors (Lipinski definition) is 9. The van der Waals surface area contributed by atoms with E-state index in [0.717, 1.165) is 4.90 Å². The molecule has 0 aromatic heterocycles. The summed E-state index contributed by atoms with van der Waals surface area (Å²) in [7, 11) is 0. The maximum Gasteiger partial charge on any atom is 0.262 e. The number of nitrogens with zero attached hydrogens (tertiary/aromatic N) is 3. The molecule has 3 heterocycles. The predicted molar refractivity (Wildman–Crippen MR) is 113 cm³/mol. The zero-order chi connectivity index (χ0) is 23.4. The lowest BCUT2D eigenvalue weighted by molar-refractivity contribution is -0.136. The van der Waals surface area contributed by atoms with Crippen molar-refractivity contribution in [2.45, 2.75) is 25.0 Å². The maximum atomic E-state index is 12.9. The van der Waals surface area contributed by atoms with Crippen LogP contribution in [-0.4, -0.2) is 85.0 Å². The fourth-order valence-corrected chi connectivity index (χ4v) is 3.95. The highest BCUT2D eigenvalue weighted by molar-refractivity contribution is 6.23. The molecule has 1 N–H and O–H groups in total. The SMILES string of the molecule is O=NCC#CCOCCN1CC(Oc2ccc3c(c2)C(=O)N(C2CCC(=O)NC2=O)C3=O)C1. The number of carbonyl (C=O) groups is 4. The summed E-state index contributed by atoms with van der Waals surface area (Å²) in [5.74, 6) is 3.58. The summed E-state index contributed by atoms with van der Waals surface area (Å²) in [5.41, 5.74) is 0.411. The van der Waals surface area contributed by atoms with Crippen molar-refractivity contribution >= 4 is 23.6 Å². The molecule has 3 aliphatic heterocycles. The molecule has 11 heteroatoms. The van der Waals surface area contributed by atoms with Gasteiger partial charge in [0.2, 0.25) is 11.8 Å². The number of nitrogens with one attached hydrogen (secondary N) is 1. The quantitative estimate of drug-likeness (QED) is 0.250. The van der Waals surface area contributed by atoms with Gasteiger partial charge < -0.3 is 9.47 Å². The van der Waals surface area contributed by atoms with Gasteiger partial charge in [-0.15, -0.1) is 4.91 Å². The van der Waals surface area contributed by atoms with E-state index in [9.17, 15) is 24.1 Å². The minimum absolute atomic E-state index is 0.0358. The molecule has 1 aromatic rings. The van der Waals surface area contributed by atoms with Gasteiger partial charge in [0.05, 0.1) is 17.7 Å². The lowest BCUT2D eigenvalue weighted by Crippen LogP contribution is -2.54. The van der Waals surface area contributed by atoms with Gasteiger partial charge in [0, 0.05) is 26.1 Å². The van der Waals surface area contributed by atoms with Crippen molar-refractivity contribution in [1.82, 2.24) is 15.1 Å². The first-order valence-corrected chi connectivity index (χ1v) is 10.5. The molecule has 2 saturated heterocycles. The molecule has 0 saturated carbocycles. The first-order chi connectivity index (χ1) is 16.0. The molecule has 0 spiro atoms. The van der Waals surface area contributed by atoms with Crippen molar-refractivity contribution in [3.63, 3.8) is 0 Å². The van der Waals surface area contributed by atoms with Crippen molar-refractivity contribution < 1.29 is 28.7 Å². The summed E-state index contributed by atoms with van der Waals surface area (Å²) in [6.07, 6.45) is 0.135. The monoisotopic (exact) mass is 454 g/mol. The van der Waals surface area contributed by atoms with E-state index in [-0.39, 0.29) is 43.2 Å². The fourth-order valence-electron chi connectivity index (χ4n) is 3.95. The second-order valence-electron chi connectivity index (χ2n) is 7.85. The number of nitroso groups, excluding NO2 is 1. The lowest BCUT2D eigenvalue weighted by Gasteiger charge is -2.38. The molecule has 0 radical (unpaired) electrons. The molecule has 11 nitrogen and oxygen atoms in total. The van der Waals surface area contributed by atoms with Crippen LogP contribution < -0.4 is 10.1 Å². The van der Waals surface area contributed by atoms with Crippen LogP contribution in [0, 0.1) is 16.7 Å². The van der Waals surface area contributed by atoms with Crippen molar-refractivity contribution in [3.8, 4) is 17.6 Å². The van der Waals surface area contributed by atoms with E-state index in [2.05, 4.69) is 27.2 Å². The van der Waals surface area contributed by atoms with Crippen LogP contribution in [0.15, 0.2) is 23.4 Å². The van der Waals surface area contributed by atoms with E-state index >= 15 is 0 Å². The highest BCUT2D eigenvalue weighted by Gasteiger charge is 2.44. The third kappa shape index (κ3) is 4.92. The molecule has 4 amide bonds. The number of imide groups is 2. The minimum Gasteiger partial charge on any atom is -0.488 e. The zero-order valence-electron chi connectivity index (χ0n) is 17.7. The molecule has 33 heavy (non-hydrogen) atoms. The highest BCUT2D eigenvalue weighted by atomic mass is 16.5. The minimum atomic E-state index is -0.991. The Hall–Kier alpha value is -3.62. The molecule has 4 rings (SSSR count). The smallest absolute Gasteiger partial charge is 0.262 e. The number of likely N-dealkylation sites (tertiary alicyclic amines) is 1. The van der Waals surface area contributed by atoms with Crippen LogP contribution >= 0.6 is 0 Å². The molecule has 1 unspecified atom stereocenters. The Kier molecular flexibility index (Phi) is 6.76. The summed E-state index contributed by atoms with van der Waals surface area (Å²) >= 11 is 0. The van der Waals surface area contributed by atoms with Crippen LogP contribution in [0.2, 0.25) is 0 Å². The Labute approximate surface area is 189 Å². The van der Waals surface area contributed by atoms with E-state index in [1.807, 2.05) is 0 Å². The lowest BCUT2D eigenvalue weighted by atomic mass is 10.0. The number of benzene rings is 1. The van der Waals surface area contributed by atoms with Crippen molar-refractivity contribution in [2.24, 2.45) is 5.18 Å². The molecule has 1 atom stereocenters. The van der Waals surface area contributed by atoms with Crippen LogP contribution in [0.5, 0.6) is 5.75 Å². The number of rotatable bonds is 8. The van der Waals surface area contributed by atoms with Gasteiger partial charge in [0.25, 0.3) is 11.8 Å². The number of carbonyl (C=O) groups excluding carboxylic acids is 4. The number of hydrogen-bond donors (Lipinski definition) is 1. The Bertz CT molecular complexity index is 1050. The summed E-state index contributed by atoms with van der Waals surface area (Å²) in [6.45, 7) is 2.81. The van der Waals surface area contributed by atoms with E-state index in [4.69, 9.17) is 9.47 Å². The number of amides is 4. The fraction of sp³-hybridized carbons (Fsp3) is 0.455. The van der Waals surface area contributed by atoms with Crippen LogP contribution in [0.1, 0.15) is 33.6 Å². The molecule has 0 bridgehead atoms. The summed E-state index contributed by atoms with van der Waals surface area (Å²) in [4.78, 5) is 62.1. The van der Waals surface area contributed by atoms with E-state index < -0.39 is 29.7 Å².